The second-order valence-electron chi connectivity index (χ2n) is 8.10. The highest BCUT2D eigenvalue weighted by atomic mass is 16.6. The lowest BCUT2D eigenvalue weighted by atomic mass is 10.2. The third kappa shape index (κ3) is 10.5. The van der Waals surface area contributed by atoms with E-state index in [1.165, 1.54) is 6.21 Å². The number of ether oxygens (including phenoxy) is 3. The van der Waals surface area contributed by atoms with Gasteiger partial charge in [0.2, 0.25) is 0 Å². The van der Waals surface area contributed by atoms with E-state index < -0.39 is 23.6 Å². The molecule has 0 aliphatic heterocycles. The van der Waals surface area contributed by atoms with Gasteiger partial charge < -0.3 is 19.5 Å². The summed E-state index contributed by atoms with van der Waals surface area (Å²) in [5.41, 5.74) is 3.45. The zero-order valence-electron chi connectivity index (χ0n) is 19.2. The number of nitrogens with zero attached hydrogens (tertiary/aromatic N) is 1. The molecule has 2 rings (SSSR count). The minimum atomic E-state index is -0.990. The Balaban J connectivity index is 1.94. The lowest BCUT2D eigenvalue weighted by Crippen LogP contribution is -2.49. The molecule has 33 heavy (non-hydrogen) atoms. The summed E-state index contributed by atoms with van der Waals surface area (Å²) >= 11 is 0. The van der Waals surface area contributed by atoms with Gasteiger partial charge in [0.15, 0.2) is 0 Å². The van der Waals surface area contributed by atoms with Crippen LogP contribution in [0.15, 0.2) is 72.4 Å². The van der Waals surface area contributed by atoms with Gasteiger partial charge in [-0.1, -0.05) is 43.0 Å². The van der Waals surface area contributed by atoms with Crippen LogP contribution >= 0.6 is 0 Å². The third-order valence-electron chi connectivity index (χ3n) is 4.04. The minimum absolute atomic E-state index is 0.0508. The van der Waals surface area contributed by atoms with Gasteiger partial charge in [-0.25, -0.2) is 10.2 Å². The SMILES string of the molecule is C=CCOc1ccc(/C=N\NC(=O)[C@H](COCc2ccccc2)NC(=O)OC(C)(C)C)cc1. The van der Waals surface area contributed by atoms with Crippen LogP contribution in [0.5, 0.6) is 5.75 Å². The molecule has 176 valence electrons. The van der Waals surface area contributed by atoms with Crippen LogP contribution in [0, 0.1) is 0 Å². The highest BCUT2D eigenvalue weighted by Crippen LogP contribution is 2.11. The normalized spacial score (nSPS) is 12.1. The molecule has 0 saturated carbocycles. The van der Waals surface area contributed by atoms with Crippen LogP contribution < -0.4 is 15.5 Å². The highest BCUT2D eigenvalue weighted by Gasteiger charge is 2.24. The van der Waals surface area contributed by atoms with Crippen LogP contribution in [-0.4, -0.2) is 43.1 Å². The molecule has 2 aromatic rings. The summed E-state index contributed by atoms with van der Waals surface area (Å²) < 4.78 is 16.3. The Morgan fingerprint density at radius 2 is 1.79 bits per heavy atom. The van der Waals surface area contributed by atoms with Gasteiger partial charge in [0.25, 0.3) is 5.91 Å². The molecule has 0 saturated heterocycles. The topological polar surface area (TPSA) is 98.3 Å². The number of alkyl carbamates (subject to hydrolysis) is 1. The minimum Gasteiger partial charge on any atom is -0.490 e. The summed E-state index contributed by atoms with van der Waals surface area (Å²) in [5.74, 6) is 0.171. The van der Waals surface area contributed by atoms with Crippen LogP contribution in [0.4, 0.5) is 4.79 Å². The van der Waals surface area contributed by atoms with Crippen molar-refractivity contribution in [3.05, 3.63) is 78.4 Å². The van der Waals surface area contributed by atoms with E-state index >= 15 is 0 Å². The zero-order chi connectivity index (χ0) is 24.1. The number of carbonyl (C=O) groups excluding carboxylic acids is 2. The second-order valence-corrected chi connectivity index (χ2v) is 8.10. The molecule has 0 unspecified atom stereocenters. The first-order chi connectivity index (χ1) is 15.8. The van der Waals surface area contributed by atoms with Crippen LogP contribution in [0.25, 0.3) is 0 Å². The van der Waals surface area contributed by atoms with E-state index in [1.54, 1.807) is 51.1 Å². The van der Waals surface area contributed by atoms with E-state index in [1.807, 2.05) is 30.3 Å². The number of hydrazone groups is 1. The maximum absolute atomic E-state index is 12.6. The van der Waals surface area contributed by atoms with E-state index in [4.69, 9.17) is 14.2 Å². The third-order valence-corrected chi connectivity index (χ3v) is 4.04. The molecule has 0 radical (unpaired) electrons. The quantitative estimate of drug-likeness (QED) is 0.306. The molecule has 8 nitrogen and oxygen atoms in total. The Morgan fingerprint density at radius 1 is 1.09 bits per heavy atom. The summed E-state index contributed by atoms with van der Waals surface area (Å²) in [5, 5.41) is 6.51. The van der Waals surface area contributed by atoms with Crippen molar-refractivity contribution in [3.8, 4) is 5.75 Å². The molecule has 0 bridgehead atoms. The van der Waals surface area contributed by atoms with Crippen LogP contribution in [-0.2, 0) is 20.9 Å². The molecular formula is C25H31N3O5. The fourth-order valence-corrected chi connectivity index (χ4v) is 2.56. The lowest BCUT2D eigenvalue weighted by Gasteiger charge is -2.22. The Morgan fingerprint density at radius 3 is 2.42 bits per heavy atom. The molecule has 8 heteroatoms. The molecular weight excluding hydrogens is 422 g/mol. The number of amides is 2. The van der Waals surface area contributed by atoms with Gasteiger partial charge in [-0.3, -0.25) is 4.79 Å². The summed E-state index contributed by atoms with van der Waals surface area (Å²) in [6.45, 7) is 9.49. The summed E-state index contributed by atoms with van der Waals surface area (Å²) in [7, 11) is 0. The first-order valence-corrected chi connectivity index (χ1v) is 10.5. The Kier molecular flexibility index (Phi) is 10.1. The number of carbonyl (C=O) groups is 2. The zero-order valence-corrected chi connectivity index (χ0v) is 19.2. The van der Waals surface area contributed by atoms with Crippen molar-refractivity contribution >= 4 is 18.2 Å². The molecule has 0 aliphatic rings. The monoisotopic (exact) mass is 453 g/mol. The summed E-state index contributed by atoms with van der Waals surface area (Å²) in [6, 6.07) is 15.7. The second kappa shape index (κ2) is 13.0. The van der Waals surface area contributed by atoms with E-state index in [2.05, 4.69) is 22.4 Å². The number of benzene rings is 2. The van der Waals surface area contributed by atoms with Crippen molar-refractivity contribution in [2.45, 2.75) is 39.0 Å². The maximum atomic E-state index is 12.6. The number of hydrogen-bond acceptors (Lipinski definition) is 6. The van der Waals surface area contributed by atoms with Crippen LogP contribution in [0.2, 0.25) is 0 Å². The van der Waals surface area contributed by atoms with E-state index in [0.29, 0.717) is 19.0 Å². The molecule has 0 fully saturated rings. The van der Waals surface area contributed by atoms with Gasteiger partial charge in [0.1, 0.15) is 24.0 Å². The molecule has 0 heterocycles. The molecule has 2 amide bonds. The smallest absolute Gasteiger partial charge is 0.408 e. The fraction of sp³-hybridized carbons (Fsp3) is 0.320. The first-order valence-electron chi connectivity index (χ1n) is 10.5. The Bertz CT molecular complexity index is 921. The molecule has 2 aromatic carbocycles. The predicted octanol–water partition coefficient (Wildman–Crippen LogP) is 3.81. The molecule has 2 N–H and O–H groups in total. The Labute approximate surface area is 194 Å². The van der Waals surface area contributed by atoms with Crippen LogP contribution in [0.1, 0.15) is 31.9 Å². The highest BCUT2D eigenvalue weighted by molar-refractivity contribution is 5.87. The molecule has 0 aromatic heterocycles. The number of hydrogen-bond donors (Lipinski definition) is 2. The van der Waals surface area contributed by atoms with Gasteiger partial charge in [-0.2, -0.15) is 5.10 Å². The molecule has 1 atom stereocenters. The van der Waals surface area contributed by atoms with Crippen molar-refractivity contribution in [3.63, 3.8) is 0 Å². The fourth-order valence-electron chi connectivity index (χ4n) is 2.56. The van der Waals surface area contributed by atoms with E-state index in [9.17, 15) is 9.59 Å². The van der Waals surface area contributed by atoms with Gasteiger partial charge in [-0.15, -0.1) is 0 Å². The molecule has 0 spiro atoms. The summed E-state index contributed by atoms with van der Waals surface area (Å²) in [4.78, 5) is 24.8. The predicted molar refractivity (Wildman–Crippen MR) is 127 cm³/mol. The van der Waals surface area contributed by atoms with Gasteiger partial charge >= 0.3 is 6.09 Å². The van der Waals surface area contributed by atoms with Crippen molar-refractivity contribution in [2.75, 3.05) is 13.2 Å². The van der Waals surface area contributed by atoms with Gasteiger partial charge in [0, 0.05) is 0 Å². The first kappa shape index (κ1) is 25.6. The lowest BCUT2D eigenvalue weighted by molar-refractivity contribution is -0.124. The largest absolute Gasteiger partial charge is 0.490 e. The van der Waals surface area contributed by atoms with Crippen molar-refractivity contribution in [1.82, 2.24) is 10.7 Å². The number of rotatable bonds is 11. The van der Waals surface area contributed by atoms with E-state index in [-0.39, 0.29) is 6.61 Å². The number of nitrogens with one attached hydrogen (secondary N) is 2. The van der Waals surface area contributed by atoms with Crippen molar-refractivity contribution in [2.24, 2.45) is 5.10 Å². The van der Waals surface area contributed by atoms with Crippen molar-refractivity contribution in [1.29, 1.82) is 0 Å². The molecule has 0 aliphatic carbocycles. The van der Waals surface area contributed by atoms with Gasteiger partial charge in [0.05, 0.1) is 19.4 Å². The van der Waals surface area contributed by atoms with Crippen molar-refractivity contribution < 1.29 is 23.8 Å². The van der Waals surface area contributed by atoms with Gasteiger partial charge in [-0.05, 0) is 56.2 Å². The van der Waals surface area contributed by atoms with Crippen LogP contribution in [0.3, 0.4) is 0 Å². The Hall–Kier alpha value is -3.65. The average Bonchev–Trinajstić information content (AvgIpc) is 2.77. The standard InChI is InChI=1S/C25H31N3O5/c1-5-15-32-21-13-11-19(12-14-21)16-26-28-23(29)22(27-24(30)33-25(2,3)4)18-31-17-20-9-7-6-8-10-20/h5-14,16,22H,1,15,17-18H2,2-4H3,(H,27,30)(H,28,29)/b26-16-/t22-/m0/s1. The maximum Gasteiger partial charge on any atom is 0.408 e. The summed E-state index contributed by atoms with van der Waals surface area (Å²) in [6.07, 6.45) is 2.44. The van der Waals surface area contributed by atoms with E-state index in [0.717, 1.165) is 11.1 Å². The average molecular weight is 454 g/mol.